The lowest BCUT2D eigenvalue weighted by Gasteiger charge is -2.14. The van der Waals surface area contributed by atoms with E-state index >= 15 is 0 Å². The summed E-state index contributed by atoms with van der Waals surface area (Å²) in [7, 11) is 0. The largest absolute Gasteiger partial charge is 0.491 e. The monoisotopic (exact) mass is 423 g/mol. The van der Waals surface area contributed by atoms with Crippen LogP contribution in [0.5, 0.6) is 5.75 Å². The second kappa shape index (κ2) is 9.42. The lowest BCUT2D eigenvalue weighted by atomic mass is 10.0. The first kappa shape index (κ1) is 19.9. The van der Waals surface area contributed by atoms with Crippen LogP contribution in [0.2, 0.25) is 5.02 Å². The van der Waals surface area contributed by atoms with Gasteiger partial charge in [-0.2, -0.15) is 0 Å². The third-order valence-corrected chi connectivity index (χ3v) is 6.07. The fourth-order valence-electron chi connectivity index (χ4n) is 3.20. The molecule has 3 nitrogen and oxygen atoms in total. The summed E-state index contributed by atoms with van der Waals surface area (Å²) in [4.78, 5) is 0. The third kappa shape index (κ3) is 4.98. The van der Waals surface area contributed by atoms with Crippen LogP contribution in [0.15, 0.2) is 78.2 Å². The second-order valence-electron chi connectivity index (χ2n) is 6.86. The van der Waals surface area contributed by atoms with Gasteiger partial charge in [0.2, 0.25) is 0 Å². The van der Waals surface area contributed by atoms with Crippen molar-refractivity contribution in [3.63, 3.8) is 0 Å². The Bertz CT molecular complexity index is 1080. The van der Waals surface area contributed by atoms with E-state index < -0.39 is 6.10 Å². The number of halogens is 1. The molecule has 0 spiro atoms. The molecule has 0 aliphatic rings. The Balaban J connectivity index is 1.28. The van der Waals surface area contributed by atoms with Crippen molar-refractivity contribution in [3.8, 4) is 16.9 Å². The van der Waals surface area contributed by atoms with Gasteiger partial charge < -0.3 is 15.2 Å². The van der Waals surface area contributed by atoms with E-state index in [-0.39, 0.29) is 6.61 Å². The van der Waals surface area contributed by atoms with E-state index in [0.717, 1.165) is 21.9 Å². The maximum Gasteiger partial charge on any atom is 0.119 e. The van der Waals surface area contributed by atoms with Crippen LogP contribution >= 0.6 is 22.9 Å². The smallest absolute Gasteiger partial charge is 0.119 e. The van der Waals surface area contributed by atoms with Crippen LogP contribution in [-0.4, -0.2) is 24.4 Å². The fourth-order valence-corrected chi connectivity index (χ4v) is 4.37. The van der Waals surface area contributed by atoms with Crippen LogP contribution in [0.4, 0.5) is 0 Å². The number of hydrogen-bond donors (Lipinski definition) is 2. The van der Waals surface area contributed by atoms with Gasteiger partial charge in [0.1, 0.15) is 18.5 Å². The molecule has 0 aliphatic carbocycles. The highest BCUT2D eigenvalue weighted by Crippen LogP contribution is 2.34. The van der Waals surface area contributed by atoms with Crippen LogP contribution in [0.1, 0.15) is 5.56 Å². The van der Waals surface area contributed by atoms with Crippen molar-refractivity contribution in [3.05, 3.63) is 88.8 Å². The van der Waals surface area contributed by atoms with E-state index in [9.17, 15) is 5.11 Å². The Morgan fingerprint density at radius 1 is 0.966 bits per heavy atom. The van der Waals surface area contributed by atoms with E-state index in [1.54, 1.807) is 11.3 Å². The first-order valence-corrected chi connectivity index (χ1v) is 10.8. The normalized spacial score (nSPS) is 12.2. The molecule has 0 saturated carbocycles. The number of thiophene rings is 1. The summed E-state index contributed by atoms with van der Waals surface area (Å²) in [5, 5.41) is 17.6. The molecule has 1 aromatic heterocycles. The molecule has 1 unspecified atom stereocenters. The quantitative estimate of drug-likeness (QED) is 0.379. The molecule has 29 heavy (non-hydrogen) atoms. The third-order valence-electron chi connectivity index (χ3n) is 4.74. The van der Waals surface area contributed by atoms with Gasteiger partial charge in [-0.15, -0.1) is 11.3 Å². The molecule has 148 valence electrons. The Labute approximate surface area is 179 Å². The SMILES string of the molecule is OC(CNCc1ccccc1Cl)COc1ccc(-c2csc3ccccc23)cc1. The lowest BCUT2D eigenvalue weighted by Crippen LogP contribution is -2.31. The predicted octanol–water partition coefficient (Wildman–Crippen LogP) is 5.75. The second-order valence-corrected chi connectivity index (χ2v) is 8.18. The molecular weight excluding hydrogens is 402 g/mol. The topological polar surface area (TPSA) is 41.5 Å². The summed E-state index contributed by atoms with van der Waals surface area (Å²) in [5.41, 5.74) is 3.41. The Hall–Kier alpha value is -2.37. The van der Waals surface area contributed by atoms with Crippen LogP contribution in [0.25, 0.3) is 21.2 Å². The summed E-state index contributed by atoms with van der Waals surface area (Å²) in [6.07, 6.45) is -0.599. The van der Waals surface area contributed by atoms with Crippen LogP contribution in [-0.2, 0) is 6.54 Å². The fraction of sp³-hybridized carbons (Fsp3) is 0.167. The van der Waals surface area contributed by atoms with Gasteiger partial charge >= 0.3 is 0 Å². The van der Waals surface area contributed by atoms with Gasteiger partial charge in [0, 0.05) is 33.8 Å². The van der Waals surface area contributed by atoms with E-state index in [1.165, 1.54) is 15.6 Å². The van der Waals surface area contributed by atoms with Crippen molar-refractivity contribution in [1.82, 2.24) is 5.32 Å². The number of nitrogens with one attached hydrogen (secondary N) is 1. The lowest BCUT2D eigenvalue weighted by molar-refractivity contribution is 0.106. The summed E-state index contributed by atoms with van der Waals surface area (Å²) < 4.78 is 7.03. The number of rotatable bonds is 8. The average molecular weight is 424 g/mol. The predicted molar refractivity (Wildman–Crippen MR) is 122 cm³/mol. The summed E-state index contributed by atoms with van der Waals surface area (Å²) in [6, 6.07) is 24.1. The van der Waals surface area contributed by atoms with Gasteiger partial charge in [0.15, 0.2) is 0 Å². The summed E-state index contributed by atoms with van der Waals surface area (Å²) in [5.74, 6) is 0.749. The Morgan fingerprint density at radius 2 is 1.72 bits per heavy atom. The molecule has 0 bridgehead atoms. The van der Waals surface area contributed by atoms with Crippen LogP contribution < -0.4 is 10.1 Å². The zero-order valence-corrected chi connectivity index (χ0v) is 17.4. The number of fused-ring (bicyclic) bond motifs is 1. The van der Waals surface area contributed by atoms with Gasteiger partial charge in [0.05, 0.1) is 0 Å². The maximum absolute atomic E-state index is 10.2. The molecule has 0 amide bonds. The van der Waals surface area contributed by atoms with Crippen molar-refractivity contribution < 1.29 is 9.84 Å². The zero-order chi connectivity index (χ0) is 20.1. The van der Waals surface area contributed by atoms with Gasteiger partial charge in [0.25, 0.3) is 0 Å². The van der Waals surface area contributed by atoms with Crippen molar-refractivity contribution >= 4 is 33.0 Å². The van der Waals surface area contributed by atoms with Gasteiger partial charge in [-0.1, -0.05) is 60.1 Å². The standard InChI is InChI=1S/C24H22ClNO2S/c25-23-7-3-1-5-18(23)13-26-14-19(27)15-28-20-11-9-17(10-12-20)22-16-29-24-8-4-2-6-21(22)24/h1-12,16,19,26-27H,13-15H2. The highest BCUT2D eigenvalue weighted by atomic mass is 35.5. The highest BCUT2D eigenvalue weighted by molar-refractivity contribution is 7.17. The van der Waals surface area contributed by atoms with Crippen LogP contribution in [0.3, 0.4) is 0 Å². The number of aliphatic hydroxyl groups is 1. The molecule has 1 atom stereocenters. The number of aliphatic hydroxyl groups excluding tert-OH is 1. The molecule has 0 radical (unpaired) electrons. The first-order chi connectivity index (χ1) is 14.2. The molecule has 0 fully saturated rings. The molecule has 2 N–H and O–H groups in total. The van der Waals surface area contributed by atoms with Crippen molar-refractivity contribution in [2.24, 2.45) is 0 Å². The number of hydrogen-bond acceptors (Lipinski definition) is 4. The minimum absolute atomic E-state index is 0.232. The molecule has 3 aromatic carbocycles. The average Bonchev–Trinajstić information content (AvgIpc) is 3.18. The summed E-state index contributed by atoms with van der Waals surface area (Å²) >= 11 is 7.89. The number of benzene rings is 3. The van der Waals surface area contributed by atoms with Gasteiger partial charge in [-0.25, -0.2) is 0 Å². The molecule has 4 rings (SSSR count). The Morgan fingerprint density at radius 3 is 2.55 bits per heavy atom. The minimum atomic E-state index is -0.599. The van der Waals surface area contributed by atoms with Crippen molar-refractivity contribution in [2.45, 2.75) is 12.6 Å². The highest BCUT2D eigenvalue weighted by Gasteiger charge is 2.08. The molecule has 0 saturated heterocycles. The van der Waals surface area contributed by atoms with E-state index in [2.05, 4.69) is 47.1 Å². The molecule has 1 heterocycles. The summed E-state index contributed by atoms with van der Waals surface area (Å²) in [6.45, 7) is 1.28. The molecule has 4 aromatic rings. The Kier molecular flexibility index (Phi) is 6.47. The zero-order valence-electron chi connectivity index (χ0n) is 15.8. The number of ether oxygens (including phenoxy) is 1. The molecule has 0 aliphatic heterocycles. The van der Waals surface area contributed by atoms with Crippen LogP contribution in [0, 0.1) is 0 Å². The molecule has 5 heteroatoms. The first-order valence-electron chi connectivity index (χ1n) is 9.52. The van der Waals surface area contributed by atoms with Crippen molar-refractivity contribution in [2.75, 3.05) is 13.2 Å². The van der Waals surface area contributed by atoms with Crippen molar-refractivity contribution in [1.29, 1.82) is 0 Å². The van der Waals surface area contributed by atoms with E-state index in [1.807, 2.05) is 36.4 Å². The minimum Gasteiger partial charge on any atom is -0.491 e. The van der Waals surface area contributed by atoms with Gasteiger partial charge in [-0.05, 0) is 40.8 Å². The van der Waals surface area contributed by atoms with E-state index in [4.69, 9.17) is 16.3 Å². The van der Waals surface area contributed by atoms with Gasteiger partial charge in [-0.3, -0.25) is 0 Å². The maximum atomic E-state index is 10.2. The van der Waals surface area contributed by atoms with E-state index in [0.29, 0.717) is 13.1 Å². The molecular formula is C24H22ClNO2S.